The summed E-state index contributed by atoms with van der Waals surface area (Å²) < 4.78 is 59.5. The molecule has 28 heavy (non-hydrogen) atoms. The fourth-order valence-electron chi connectivity index (χ4n) is 1.99. The zero-order valence-corrected chi connectivity index (χ0v) is 14.9. The smallest absolute Gasteiger partial charge is 0.343 e. The highest BCUT2D eigenvalue weighted by molar-refractivity contribution is 6.31. The van der Waals surface area contributed by atoms with Crippen molar-refractivity contribution in [3.05, 3.63) is 57.8 Å². The van der Waals surface area contributed by atoms with Crippen molar-refractivity contribution in [2.75, 3.05) is 12.3 Å². The van der Waals surface area contributed by atoms with E-state index >= 15 is 0 Å². The van der Waals surface area contributed by atoms with Crippen molar-refractivity contribution >= 4 is 41.0 Å². The van der Waals surface area contributed by atoms with Gasteiger partial charge in [-0.25, -0.2) is 27.3 Å². The molecule has 2 rings (SSSR count). The summed E-state index contributed by atoms with van der Waals surface area (Å²) in [7, 11) is 0. The maximum absolute atomic E-state index is 14.2. The molecule has 11 heteroatoms. The number of esters is 1. The number of hydrogen-bond acceptors (Lipinski definition) is 6. The topological polar surface area (TPSA) is 97.8 Å². The van der Waals surface area contributed by atoms with E-state index in [1.165, 1.54) is 6.92 Å². The Balaban J connectivity index is 2.64. The second kappa shape index (κ2) is 8.70. The first-order chi connectivity index (χ1) is 13.2. The number of aliphatic hydroxyl groups is 1. The number of nitrogens with two attached hydrogens (primary N) is 1. The average Bonchev–Trinajstić information content (AvgIpc) is 2.65. The van der Waals surface area contributed by atoms with E-state index in [1.807, 2.05) is 0 Å². The van der Waals surface area contributed by atoms with Crippen LogP contribution in [0.15, 0.2) is 28.9 Å². The fraction of sp³-hybridized carbons (Fsp3) is 0.118. The second-order valence-electron chi connectivity index (χ2n) is 5.15. The van der Waals surface area contributed by atoms with Gasteiger partial charge in [-0.05, 0) is 13.0 Å². The summed E-state index contributed by atoms with van der Waals surface area (Å²) in [4.78, 5) is 19.2. The molecular formula is C17H12ClF4N3O3. The number of nitrogens with zero attached hydrogens (tertiary/aromatic N) is 2. The second-order valence-corrected chi connectivity index (χ2v) is 5.53. The standard InChI is InChI=1S/C17H12ClF4N3O3/c1-2-28-17(27)8(5-24-11-4-12(23)25-6-10(11)20)16(26)7-3-9(19)15(22)13(18)14(7)21/h3-6,26H,2H2,1H3,(H2,23,25). The van der Waals surface area contributed by atoms with Gasteiger partial charge in [0, 0.05) is 12.3 Å². The lowest BCUT2D eigenvalue weighted by molar-refractivity contribution is -0.137. The van der Waals surface area contributed by atoms with E-state index in [0.29, 0.717) is 12.3 Å². The first-order valence-electron chi connectivity index (χ1n) is 7.56. The molecule has 0 unspecified atom stereocenters. The first kappa shape index (κ1) is 21.2. The van der Waals surface area contributed by atoms with Crippen molar-refractivity contribution in [1.82, 2.24) is 4.98 Å². The van der Waals surface area contributed by atoms with Crippen LogP contribution in [0.3, 0.4) is 0 Å². The molecule has 0 fully saturated rings. The number of carbonyl (C=O) groups excluding carboxylic acids is 1. The molecule has 0 saturated carbocycles. The first-order valence-corrected chi connectivity index (χ1v) is 7.93. The van der Waals surface area contributed by atoms with Crippen molar-refractivity contribution in [3.8, 4) is 0 Å². The van der Waals surface area contributed by atoms with Crippen LogP contribution in [-0.2, 0) is 9.53 Å². The Morgan fingerprint density at radius 3 is 2.61 bits per heavy atom. The molecule has 1 aromatic carbocycles. The quantitative estimate of drug-likeness (QED) is 0.145. The van der Waals surface area contributed by atoms with Gasteiger partial charge in [-0.3, -0.25) is 4.99 Å². The van der Waals surface area contributed by atoms with Crippen molar-refractivity contribution in [2.45, 2.75) is 6.92 Å². The van der Waals surface area contributed by atoms with Gasteiger partial charge >= 0.3 is 5.97 Å². The van der Waals surface area contributed by atoms with E-state index in [4.69, 9.17) is 22.1 Å². The maximum atomic E-state index is 14.2. The van der Waals surface area contributed by atoms with Crippen molar-refractivity contribution < 1.29 is 32.2 Å². The third-order valence-corrected chi connectivity index (χ3v) is 3.63. The van der Waals surface area contributed by atoms with Gasteiger partial charge < -0.3 is 15.6 Å². The van der Waals surface area contributed by atoms with Gasteiger partial charge in [-0.1, -0.05) is 11.6 Å². The van der Waals surface area contributed by atoms with Gasteiger partial charge in [0.05, 0.1) is 18.4 Å². The molecule has 0 saturated heterocycles. The van der Waals surface area contributed by atoms with Crippen LogP contribution >= 0.6 is 11.6 Å². The molecule has 3 N–H and O–H groups in total. The van der Waals surface area contributed by atoms with Crippen LogP contribution in [0.2, 0.25) is 5.02 Å². The molecule has 0 spiro atoms. The number of aliphatic imine (C=N–C) groups is 1. The van der Waals surface area contributed by atoms with E-state index in [1.54, 1.807) is 0 Å². The predicted octanol–water partition coefficient (Wildman–Crippen LogP) is 4.11. The van der Waals surface area contributed by atoms with E-state index in [2.05, 4.69) is 9.98 Å². The number of benzene rings is 1. The third-order valence-electron chi connectivity index (χ3n) is 3.30. The van der Waals surface area contributed by atoms with Crippen LogP contribution in [0.5, 0.6) is 0 Å². The van der Waals surface area contributed by atoms with Gasteiger partial charge in [-0.2, -0.15) is 0 Å². The van der Waals surface area contributed by atoms with Crippen LogP contribution < -0.4 is 5.73 Å². The highest BCUT2D eigenvalue weighted by Gasteiger charge is 2.24. The number of carbonyl (C=O) groups is 1. The van der Waals surface area contributed by atoms with Crippen LogP contribution in [0.1, 0.15) is 12.5 Å². The number of anilines is 1. The third kappa shape index (κ3) is 4.39. The lowest BCUT2D eigenvalue weighted by Gasteiger charge is -2.09. The molecule has 148 valence electrons. The number of rotatable bonds is 5. The summed E-state index contributed by atoms with van der Waals surface area (Å²) in [6.45, 7) is 1.31. The van der Waals surface area contributed by atoms with Gasteiger partial charge in [0.15, 0.2) is 23.3 Å². The summed E-state index contributed by atoms with van der Waals surface area (Å²) in [6.07, 6.45) is 1.42. The number of hydrogen-bond donors (Lipinski definition) is 2. The Kier molecular flexibility index (Phi) is 6.57. The zero-order valence-electron chi connectivity index (χ0n) is 14.1. The van der Waals surface area contributed by atoms with Crippen LogP contribution in [0, 0.1) is 23.3 Å². The van der Waals surface area contributed by atoms with Crippen LogP contribution in [0.25, 0.3) is 5.76 Å². The molecule has 0 amide bonds. The highest BCUT2D eigenvalue weighted by Crippen LogP contribution is 2.29. The van der Waals surface area contributed by atoms with Crippen LogP contribution in [0.4, 0.5) is 29.1 Å². The Hall–Kier alpha value is -3.14. The highest BCUT2D eigenvalue weighted by atomic mass is 35.5. The summed E-state index contributed by atoms with van der Waals surface area (Å²) in [6, 6.07) is 1.32. The lowest BCUT2D eigenvalue weighted by atomic mass is 10.1. The number of nitrogen functional groups attached to an aromatic ring is 1. The predicted molar refractivity (Wildman–Crippen MR) is 94.3 cm³/mol. The van der Waals surface area contributed by atoms with E-state index in [9.17, 15) is 27.5 Å². The number of aliphatic hydroxyl groups excluding tert-OH is 1. The van der Waals surface area contributed by atoms with Crippen molar-refractivity contribution in [2.24, 2.45) is 4.99 Å². The molecule has 0 radical (unpaired) electrons. The normalized spacial score (nSPS) is 12.2. The fourth-order valence-corrected chi connectivity index (χ4v) is 2.18. The van der Waals surface area contributed by atoms with Crippen molar-refractivity contribution in [1.29, 1.82) is 0 Å². The summed E-state index contributed by atoms with van der Waals surface area (Å²) in [5, 5.41) is 9.04. The molecule has 1 heterocycles. The Morgan fingerprint density at radius 1 is 1.29 bits per heavy atom. The lowest BCUT2D eigenvalue weighted by Crippen LogP contribution is -2.12. The molecule has 1 aromatic heterocycles. The largest absolute Gasteiger partial charge is 0.506 e. The molecule has 0 bridgehead atoms. The zero-order chi connectivity index (χ0) is 21.0. The van der Waals surface area contributed by atoms with Gasteiger partial charge in [0.2, 0.25) is 0 Å². The molecule has 2 aromatic rings. The average molecular weight is 418 g/mol. The Morgan fingerprint density at radius 2 is 1.96 bits per heavy atom. The molecule has 0 atom stereocenters. The Labute approximate surface area is 160 Å². The molecule has 6 nitrogen and oxygen atoms in total. The summed E-state index contributed by atoms with van der Waals surface area (Å²) >= 11 is 5.34. The Bertz CT molecular complexity index is 996. The number of ether oxygens (including phenoxy) is 1. The van der Waals surface area contributed by atoms with E-state index in [0.717, 1.165) is 12.3 Å². The van der Waals surface area contributed by atoms with Gasteiger partial charge in [0.1, 0.15) is 27.9 Å². The van der Waals surface area contributed by atoms with Crippen molar-refractivity contribution in [3.63, 3.8) is 0 Å². The van der Waals surface area contributed by atoms with Gasteiger partial charge in [-0.15, -0.1) is 0 Å². The minimum atomic E-state index is -1.67. The molecule has 0 aliphatic carbocycles. The monoisotopic (exact) mass is 417 g/mol. The molecule has 0 aliphatic rings. The maximum Gasteiger partial charge on any atom is 0.343 e. The molecular weight excluding hydrogens is 406 g/mol. The summed E-state index contributed by atoms with van der Waals surface area (Å²) in [5.74, 6) is -8.09. The summed E-state index contributed by atoms with van der Waals surface area (Å²) in [5.41, 5.74) is 3.37. The minimum Gasteiger partial charge on any atom is -0.506 e. The van der Waals surface area contributed by atoms with Crippen LogP contribution in [-0.4, -0.2) is 28.9 Å². The number of halogens is 5. The number of aromatic nitrogens is 1. The number of pyridine rings is 1. The van der Waals surface area contributed by atoms with E-state index < -0.39 is 51.2 Å². The van der Waals surface area contributed by atoms with Gasteiger partial charge in [0.25, 0.3) is 0 Å². The SMILES string of the molecule is CCOC(=O)C(C=Nc1cc(N)ncc1F)=C(O)c1cc(F)c(F)c(Cl)c1F. The minimum absolute atomic E-state index is 0.0853. The molecule has 0 aliphatic heterocycles. The van der Waals surface area contributed by atoms with E-state index in [-0.39, 0.29) is 18.1 Å².